The third kappa shape index (κ3) is 4.91. The van der Waals surface area contributed by atoms with Crippen molar-refractivity contribution >= 4 is 5.97 Å². The van der Waals surface area contributed by atoms with Crippen LogP contribution < -0.4 is 0 Å². The Labute approximate surface area is 149 Å². The maximum absolute atomic E-state index is 12.3. The number of benzene rings is 2. The Morgan fingerprint density at radius 1 is 1.00 bits per heavy atom. The predicted octanol–water partition coefficient (Wildman–Crippen LogP) is 3.27. The van der Waals surface area contributed by atoms with E-state index >= 15 is 0 Å². The van der Waals surface area contributed by atoms with Crippen molar-refractivity contribution in [2.45, 2.75) is 26.2 Å². The van der Waals surface area contributed by atoms with Gasteiger partial charge in [-0.25, -0.2) is 0 Å². The van der Waals surface area contributed by atoms with Crippen molar-refractivity contribution in [3.05, 3.63) is 71.8 Å². The lowest BCUT2D eigenvalue weighted by Crippen LogP contribution is -2.30. The lowest BCUT2D eigenvalue weighted by molar-refractivity contribution is -0.151. The SMILES string of the molecule is CCOC(=O)[C@@H]1CN(Cc2ccccc2)C[C@H]1OCc1ccccc1. The van der Waals surface area contributed by atoms with E-state index in [4.69, 9.17) is 9.47 Å². The highest BCUT2D eigenvalue weighted by Crippen LogP contribution is 2.24. The first-order valence-electron chi connectivity index (χ1n) is 8.84. The monoisotopic (exact) mass is 339 g/mol. The number of carbonyl (C=O) groups excluding carboxylic acids is 1. The smallest absolute Gasteiger partial charge is 0.312 e. The van der Waals surface area contributed by atoms with Crippen LogP contribution in [0.3, 0.4) is 0 Å². The van der Waals surface area contributed by atoms with Gasteiger partial charge in [0.15, 0.2) is 0 Å². The van der Waals surface area contributed by atoms with Gasteiger partial charge in [-0.2, -0.15) is 0 Å². The Bertz CT molecular complexity index is 659. The Kier molecular flexibility index (Phi) is 6.20. The molecule has 0 saturated carbocycles. The van der Waals surface area contributed by atoms with Crippen LogP contribution in [0.1, 0.15) is 18.1 Å². The molecule has 132 valence electrons. The molecular formula is C21H25NO3. The van der Waals surface area contributed by atoms with E-state index in [1.165, 1.54) is 5.56 Å². The predicted molar refractivity (Wildman–Crippen MR) is 96.9 cm³/mol. The van der Waals surface area contributed by atoms with Crippen LogP contribution in [0.2, 0.25) is 0 Å². The van der Waals surface area contributed by atoms with E-state index in [0.29, 0.717) is 19.8 Å². The molecule has 25 heavy (non-hydrogen) atoms. The van der Waals surface area contributed by atoms with E-state index in [1.807, 2.05) is 55.5 Å². The van der Waals surface area contributed by atoms with Gasteiger partial charge in [-0.3, -0.25) is 9.69 Å². The number of likely N-dealkylation sites (tertiary alicyclic amines) is 1. The highest BCUT2D eigenvalue weighted by atomic mass is 16.5. The molecule has 3 rings (SSSR count). The van der Waals surface area contributed by atoms with Crippen LogP contribution in [-0.4, -0.2) is 36.7 Å². The third-order valence-corrected chi connectivity index (χ3v) is 4.49. The molecule has 0 aliphatic carbocycles. The topological polar surface area (TPSA) is 38.8 Å². The fourth-order valence-electron chi connectivity index (χ4n) is 3.24. The summed E-state index contributed by atoms with van der Waals surface area (Å²) in [5.41, 5.74) is 2.36. The Hall–Kier alpha value is -2.17. The summed E-state index contributed by atoms with van der Waals surface area (Å²) < 4.78 is 11.4. The number of ether oxygens (including phenoxy) is 2. The van der Waals surface area contributed by atoms with Gasteiger partial charge in [0.2, 0.25) is 0 Å². The van der Waals surface area contributed by atoms with Gasteiger partial charge >= 0.3 is 5.97 Å². The minimum absolute atomic E-state index is 0.136. The summed E-state index contributed by atoms with van der Waals surface area (Å²) in [6.45, 7) is 4.99. The molecule has 4 nitrogen and oxygen atoms in total. The molecule has 0 unspecified atom stereocenters. The number of esters is 1. The number of hydrogen-bond acceptors (Lipinski definition) is 4. The summed E-state index contributed by atoms with van der Waals surface area (Å²) in [6, 6.07) is 20.4. The fraction of sp³-hybridized carbons (Fsp3) is 0.381. The van der Waals surface area contributed by atoms with E-state index in [2.05, 4.69) is 17.0 Å². The average Bonchev–Trinajstić information content (AvgIpc) is 3.05. The van der Waals surface area contributed by atoms with Crippen LogP contribution in [0.25, 0.3) is 0 Å². The van der Waals surface area contributed by atoms with Gasteiger partial charge in [0.25, 0.3) is 0 Å². The van der Waals surface area contributed by atoms with Crippen LogP contribution in [0.4, 0.5) is 0 Å². The molecule has 0 N–H and O–H groups in total. The minimum atomic E-state index is -0.229. The summed E-state index contributed by atoms with van der Waals surface area (Å²) >= 11 is 0. The van der Waals surface area contributed by atoms with Crippen molar-refractivity contribution in [1.29, 1.82) is 0 Å². The van der Waals surface area contributed by atoms with Crippen molar-refractivity contribution in [1.82, 2.24) is 4.90 Å². The van der Waals surface area contributed by atoms with Crippen LogP contribution >= 0.6 is 0 Å². The average molecular weight is 339 g/mol. The molecule has 1 aliphatic heterocycles. The molecule has 1 fully saturated rings. The zero-order valence-electron chi connectivity index (χ0n) is 14.6. The lowest BCUT2D eigenvalue weighted by atomic mass is 10.1. The second-order valence-electron chi connectivity index (χ2n) is 6.37. The van der Waals surface area contributed by atoms with Crippen LogP contribution in [0.15, 0.2) is 60.7 Å². The number of carbonyl (C=O) groups is 1. The zero-order chi connectivity index (χ0) is 17.5. The molecule has 2 aromatic rings. The highest BCUT2D eigenvalue weighted by molar-refractivity contribution is 5.74. The molecule has 1 heterocycles. The maximum atomic E-state index is 12.3. The van der Waals surface area contributed by atoms with Crippen LogP contribution in [0.5, 0.6) is 0 Å². The molecule has 2 aromatic carbocycles. The van der Waals surface area contributed by atoms with E-state index in [-0.39, 0.29) is 18.0 Å². The molecule has 0 bridgehead atoms. The quantitative estimate of drug-likeness (QED) is 0.726. The van der Waals surface area contributed by atoms with Gasteiger partial charge in [-0.1, -0.05) is 60.7 Å². The summed E-state index contributed by atoms with van der Waals surface area (Å²) in [5, 5.41) is 0. The summed E-state index contributed by atoms with van der Waals surface area (Å²) in [7, 11) is 0. The van der Waals surface area contributed by atoms with Crippen molar-refractivity contribution < 1.29 is 14.3 Å². The van der Waals surface area contributed by atoms with Crippen molar-refractivity contribution in [3.8, 4) is 0 Å². The van der Waals surface area contributed by atoms with E-state index in [0.717, 1.165) is 18.7 Å². The molecule has 1 saturated heterocycles. The third-order valence-electron chi connectivity index (χ3n) is 4.49. The molecule has 0 aromatic heterocycles. The minimum Gasteiger partial charge on any atom is -0.466 e. The summed E-state index contributed by atoms with van der Waals surface area (Å²) in [6.07, 6.45) is -0.136. The fourth-order valence-corrected chi connectivity index (χ4v) is 3.24. The largest absolute Gasteiger partial charge is 0.466 e. The Morgan fingerprint density at radius 3 is 2.28 bits per heavy atom. The first-order valence-corrected chi connectivity index (χ1v) is 8.84. The Morgan fingerprint density at radius 2 is 1.64 bits per heavy atom. The van der Waals surface area contributed by atoms with E-state index in [1.54, 1.807) is 0 Å². The van der Waals surface area contributed by atoms with Gasteiger partial charge in [0.1, 0.15) is 0 Å². The first-order chi connectivity index (χ1) is 12.3. The molecule has 0 spiro atoms. The molecule has 1 aliphatic rings. The zero-order valence-corrected chi connectivity index (χ0v) is 14.6. The van der Waals surface area contributed by atoms with Crippen molar-refractivity contribution in [2.24, 2.45) is 5.92 Å². The molecule has 0 radical (unpaired) electrons. The summed E-state index contributed by atoms with van der Waals surface area (Å²) in [5.74, 6) is -0.386. The first kappa shape index (κ1) is 17.6. The standard InChI is InChI=1S/C21H25NO3/c1-2-24-21(23)19-14-22(13-17-9-5-3-6-10-17)15-20(19)25-16-18-11-7-4-8-12-18/h3-12,19-20H,2,13-16H2,1H3/t19-,20-/m1/s1. The number of nitrogens with zero attached hydrogens (tertiary/aromatic N) is 1. The maximum Gasteiger partial charge on any atom is 0.312 e. The van der Waals surface area contributed by atoms with Gasteiger partial charge in [-0.15, -0.1) is 0 Å². The molecule has 0 amide bonds. The van der Waals surface area contributed by atoms with Gasteiger partial charge in [-0.05, 0) is 18.1 Å². The second-order valence-corrected chi connectivity index (χ2v) is 6.37. The molecular weight excluding hydrogens is 314 g/mol. The van der Waals surface area contributed by atoms with E-state index < -0.39 is 0 Å². The highest BCUT2D eigenvalue weighted by Gasteiger charge is 2.39. The second kappa shape index (κ2) is 8.79. The Balaban J connectivity index is 1.64. The molecule has 4 heteroatoms. The van der Waals surface area contributed by atoms with Crippen molar-refractivity contribution in [2.75, 3.05) is 19.7 Å². The summed E-state index contributed by atoms with van der Waals surface area (Å²) in [4.78, 5) is 14.6. The van der Waals surface area contributed by atoms with Crippen molar-refractivity contribution in [3.63, 3.8) is 0 Å². The van der Waals surface area contributed by atoms with Gasteiger partial charge in [0, 0.05) is 19.6 Å². The van der Waals surface area contributed by atoms with Crippen LogP contribution in [0, 0.1) is 5.92 Å². The van der Waals surface area contributed by atoms with Crippen LogP contribution in [-0.2, 0) is 27.4 Å². The normalized spacial score (nSPS) is 20.5. The number of rotatable bonds is 7. The molecule has 2 atom stereocenters. The van der Waals surface area contributed by atoms with Gasteiger partial charge in [0.05, 0.1) is 25.2 Å². The van der Waals surface area contributed by atoms with Gasteiger partial charge < -0.3 is 9.47 Å². The lowest BCUT2D eigenvalue weighted by Gasteiger charge is -2.18. The van der Waals surface area contributed by atoms with E-state index in [9.17, 15) is 4.79 Å². The number of hydrogen-bond donors (Lipinski definition) is 0.